The van der Waals surface area contributed by atoms with Crippen LogP contribution in [0.25, 0.3) is 16.9 Å². The third-order valence-corrected chi connectivity index (χ3v) is 5.77. The highest BCUT2D eigenvalue weighted by Crippen LogP contribution is 2.25. The quantitative estimate of drug-likeness (QED) is 0.674. The fourth-order valence-corrected chi connectivity index (χ4v) is 3.88. The van der Waals surface area contributed by atoms with Gasteiger partial charge in [0.15, 0.2) is 5.65 Å². The second-order valence-corrected chi connectivity index (χ2v) is 8.08. The highest BCUT2D eigenvalue weighted by molar-refractivity contribution is 6.00. The van der Waals surface area contributed by atoms with Gasteiger partial charge in [0, 0.05) is 24.2 Å². The van der Waals surface area contributed by atoms with Crippen LogP contribution in [0, 0.1) is 11.7 Å². The smallest absolute Gasteiger partial charge is 0.256 e. The average molecular weight is 411 g/mol. The maximum Gasteiger partial charge on any atom is 0.256 e. The Morgan fingerprint density at radius 3 is 2.63 bits per heavy atom. The fourth-order valence-electron chi connectivity index (χ4n) is 3.88. The minimum absolute atomic E-state index is 0.139. The van der Waals surface area contributed by atoms with Crippen LogP contribution in [0.1, 0.15) is 37.0 Å². The van der Waals surface area contributed by atoms with Gasteiger partial charge in [-0.25, -0.2) is 9.37 Å². The van der Waals surface area contributed by atoms with Crippen LogP contribution in [-0.4, -0.2) is 56.2 Å². The average Bonchev–Trinajstić information content (AvgIpc) is 3.17. The first-order valence-corrected chi connectivity index (χ1v) is 10.3. The number of nitrogens with one attached hydrogen (secondary N) is 1. The highest BCUT2D eigenvalue weighted by atomic mass is 19.1. The van der Waals surface area contributed by atoms with Crippen LogP contribution in [0.4, 0.5) is 4.39 Å². The van der Waals surface area contributed by atoms with Crippen molar-refractivity contribution in [3.8, 4) is 17.1 Å². The van der Waals surface area contributed by atoms with Gasteiger partial charge in [-0.15, -0.1) is 0 Å². The van der Waals surface area contributed by atoms with Crippen LogP contribution in [0.2, 0.25) is 0 Å². The van der Waals surface area contributed by atoms with E-state index in [9.17, 15) is 14.3 Å². The molecule has 8 heteroatoms. The Balaban J connectivity index is 1.50. The van der Waals surface area contributed by atoms with Crippen molar-refractivity contribution in [1.29, 1.82) is 0 Å². The van der Waals surface area contributed by atoms with Gasteiger partial charge in [0.05, 0.1) is 11.9 Å². The number of piperidine rings is 1. The molecule has 30 heavy (non-hydrogen) atoms. The summed E-state index contributed by atoms with van der Waals surface area (Å²) in [4.78, 5) is 19.7. The van der Waals surface area contributed by atoms with Crippen molar-refractivity contribution in [2.75, 3.05) is 19.6 Å². The molecule has 1 amide bonds. The topological polar surface area (TPSA) is 82.8 Å². The molecule has 0 bridgehead atoms. The number of amides is 1. The van der Waals surface area contributed by atoms with Crippen LogP contribution < -0.4 is 5.32 Å². The molecule has 158 valence electrons. The minimum Gasteiger partial charge on any atom is -0.493 e. The van der Waals surface area contributed by atoms with Crippen molar-refractivity contribution in [1.82, 2.24) is 24.8 Å². The molecule has 3 aromatic rings. The Kier molecular flexibility index (Phi) is 5.67. The first-order valence-electron chi connectivity index (χ1n) is 10.3. The van der Waals surface area contributed by atoms with Gasteiger partial charge >= 0.3 is 0 Å². The molecule has 2 N–H and O–H groups in total. The zero-order valence-corrected chi connectivity index (χ0v) is 17.2. The number of likely N-dealkylation sites (tertiary alicyclic amines) is 1. The maximum absolute atomic E-state index is 13.2. The van der Waals surface area contributed by atoms with Crippen molar-refractivity contribution in [3.63, 3.8) is 0 Å². The molecule has 1 aliphatic heterocycles. The molecule has 2 aromatic heterocycles. The van der Waals surface area contributed by atoms with Gasteiger partial charge in [-0.1, -0.05) is 0 Å². The van der Waals surface area contributed by atoms with E-state index in [1.165, 1.54) is 28.9 Å². The molecule has 0 radical (unpaired) electrons. The summed E-state index contributed by atoms with van der Waals surface area (Å²) in [6.45, 7) is 7.11. The highest BCUT2D eigenvalue weighted by Gasteiger charge is 2.23. The molecule has 0 atom stereocenters. The molecule has 3 heterocycles. The van der Waals surface area contributed by atoms with Gasteiger partial charge in [0.25, 0.3) is 5.91 Å². The molecule has 0 aliphatic carbocycles. The molecule has 4 rings (SSSR count). The van der Waals surface area contributed by atoms with Crippen LogP contribution in [0.5, 0.6) is 5.88 Å². The summed E-state index contributed by atoms with van der Waals surface area (Å²) in [6.07, 6.45) is 3.52. The van der Waals surface area contributed by atoms with E-state index < -0.39 is 0 Å². The third kappa shape index (κ3) is 4.14. The summed E-state index contributed by atoms with van der Waals surface area (Å²) in [6, 6.07) is 7.80. The zero-order chi connectivity index (χ0) is 21.3. The molecule has 1 aliphatic rings. The lowest BCUT2D eigenvalue weighted by Crippen LogP contribution is -2.41. The number of aromatic hydroxyl groups is 1. The normalized spacial score (nSPS) is 15.7. The molecular formula is C22H26FN5O2. The third-order valence-electron chi connectivity index (χ3n) is 5.77. The molecule has 0 unspecified atom stereocenters. The van der Waals surface area contributed by atoms with Crippen LogP contribution >= 0.6 is 0 Å². The lowest BCUT2D eigenvalue weighted by Gasteiger charge is -2.34. The fraction of sp³-hybridized carbons (Fsp3) is 0.409. The van der Waals surface area contributed by atoms with Crippen molar-refractivity contribution < 1.29 is 14.3 Å². The first kappa shape index (κ1) is 20.3. The predicted octanol–water partition coefficient (Wildman–Crippen LogP) is 3.09. The van der Waals surface area contributed by atoms with Crippen LogP contribution in [0.3, 0.4) is 0 Å². The van der Waals surface area contributed by atoms with Crippen molar-refractivity contribution >= 4 is 11.6 Å². The molecule has 1 fully saturated rings. The van der Waals surface area contributed by atoms with E-state index in [1.54, 1.807) is 12.1 Å². The van der Waals surface area contributed by atoms with E-state index in [1.807, 2.05) is 0 Å². The summed E-state index contributed by atoms with van der Waals surface area (Å²) in [5, 5.41) is 17.4. The summed E-state index contributed by atoms with van der Waals surface area (Å²) in [5.74, 6) is -0.312. The number of hydrogen-bond acceptors (Lipinski definition) is 5. The Morgan fingerprint density at radius 1 is 1.27 bits per heavy atom. The summed E-state index contributed by atoms with van der Waals surface area (Å²) in [5.41, 5.74) is 1.64. The molecule has 1 aromatic carbocycles. The number of halogens is 1. The Morgan fingerprint density at radius 2 is 1.97 bits per heavy atom. The molecular weight excluding hydrogens is 385 g/mol. The number of fused-ring (bicyclic) bond motifs is 1. The van der Waals surface area contributed by atoms with E-state index >= 15 is 0 Å². The van der Waals surface area contributed by atoms with Gasteiger partial charge in [-0.05, 0) is 70.0 Å². The largest absolute Gasteiger partial charge is 0.493 e. The maximum atomic E-state index is 13.2. The number of carbonyl (C=O) groups is 1. The van der Waals surface area contributed by atoms with Crippen molar-refractivity contribution in [2.24, 2.45) is 5.92 Å². The van der Waals surface area contributed by atoms with Gasteiger partial charge < -0.3 is 15.3 Å². The lowest BCUT2D eigenvalue weighted by atomic mass is 9.96. The zero-order valence-electron chi connectivity index (χ0n) is 17.2. The van der Waals surface area contributed by atoms with Crippen LogP contribution in [-0.2, 0) is 0 Å². The van der Waals surface area contributed by atoms with Crippen molar-refractivity contribution in [2.45, 2.75) is 32.7 Å². The van der Waals surface area contributed by atoms with Crippen LogP contribution in [0.15, 0.2) is 36.5 Å². The van der Waals surface area contributed by atoms with Gasteiger partial charge in [0.1, 0.15) is 11.4 Å². The molecule has 0 spiro atoms. The van der Waals surface area contributed by atoms with E-state index in [4.69, 9.17) is 0 Å². The molecule has 1 saturated heterocycles. The second-order valence-electron chi connectivity index (χ2n) is 8.08. The minimum atomic E-state index is -0.354. The Labute approximate surface area is 174 Å². The standard InChI is InChI=1S/C22H26FN5O2/c1-14(2)27-9-7-15(8-10-27)12-24-22(30)18-13-25-28-20(29)11-19(26-21(18)28)16-3-5-17(23)6-4-16/h3-6,11,13-15,29H,7-10,12H2,1-2H3,(H,24,30). The number of aromatic nitrogens is 3. The van der Waals surface area contributed by atoms with Gasteiger partial charge in [-0.2, -0.15) is 9.61 Å². The van der Waals surface area contributed by atoms with E-state index in [-0.39, 0.29) is 23.3 Å². The molecule has 7 nitrogen and oxygen atoms in total. The SMILES string of the molecule is CC(C)N1CCC(CNC(=O)c2cnn3c(O)cc(-c4ccc(F)cc4)nc23)CC1. The Bertz CT molecular complexity index is 1040. The van der Waals surface area contributed by atoms with Crippen molar-refractivity contribution in [3.05, 3.63) is 47.9 Å². The van der Waals surface area contributed by atoms with E-state index in [0.29, 0.717) is 35.3 Å². The Hall–Kier alpha value is -3.00. The van der Waals surface area contributed by atoms with E-state index in [0.717, 1.165) is 25.9 Å². The summed E-state index contributed by atoms with van der Waals surface area (Å²) in [7, 11) is 0. The predicted molar refractivity (Wildman–Crippen MR) is 112 cm³/mol. The second kappa shape index (κ2) is 8.39. The monoisotopic (exact) mass is 411 g/mol. The van der Waals surface area contributed by atoms with Gasteiger partial charge in [-0.3, -0.25) is 4.79 Å². The number of rotatable bonds is 5. The number of nitrogens with zero attached hydrogens (tertiary/aromatic N) is 4. The number of carbonyl (C=O) groups excluding carboxylic acids is 1. The molecule has 0 saturated carbocycles. The summed E-state index contributed by atoms with van der Waals surface area (Å²) < 4.78 is 14.4. The first-order chi connectivity index (χ1) is 14.4. The number of hydrogen-bond donors (Lipinski definition) is 2. The number of benzene rings is 1. The van der Waals surface area contributed by atoms with E-state index in [2.05, 4.69) is 34.1 Å². The summed E-state index contributed by atoms with van der Waals surface area (Å²) >= 11 is 0. The lowest BCUT2D eigenvalue weighted by molar-refractivity contribution is 0.0931. The van der Waals surface area contributed by atoms with Gasteiger partial charge in [0.2, 0.25) is 5.88 Å².